The summed E-state index contributed by atoms with van der Waals surface area (Å²) in [6.07, 6.45) is 0. The lowest BCUT2D eigenvalue weighted by molar-refractivity contribution is -0.160. The van der Waals surface area contributed by atoms with Gasteiger partial charge in [0.25, 0.3) is 0 Å². The molecule has 0 amide bonds. The summed E-state index contributed by atoms with van der Waals surface area (Å²) in [7, 11) is 1.52. The number of methoxy groups -OCH3 is 1. The molecule has 5 nitrogen and oxygen atoms in total. The van der Waals surface area contributed by atoms with E-state index in [0.29, 0.717) is 16.5 Å². The Bertz CT molecular complexity index is 459. The molecule has 1 saturated heterocycles. The first-order valence-corrected chi connectivity index (χ1v) is 5.30. The molecule has 1 aliphatic rings. The van der Waals surface area contributed by atoms with Crippen molar-refractivity contribution in [3.8, 4) is 5.75 Å². The summed E-state index contributed by atoms with van der Waals surface area (Å²) in [6.45, 7) is 0.0722. The first-order chi connectivity index (χ1) is 8.10. The third kappa shape index (κ3) is 2.50. The molecule has 0 unspecified atom stereocenters. The standard InChI is InChI=1S/C11H10ClNO4/c1-16-9-3-2-7(4-8(9)12)13-5-10(14)17-11(15)6-13/h2-4H,5-6H2,1H3. The number of nitrogens with zero attached hydrogens (tertiary/aromatic N) is 1. The van der Waals surface area contributed by atoms with Gasteiger partial charge < -0.3 is 14.4 Å². The van der Waals surface area contributed by atoms with E-state index >= 15 is 0 Å². The fraction of sp³-hybridized carbons (Fsp3) is 0.273. The Morgan fingerprint density at radius 1 is 1.29 bits per heavy atom. The molecule has 0 spiro atoms. The van der Waals surface area contributed by atoms with Crippen LogP contribution in [-0.2, 0) is 14.3 Å². The maximum absolute atomic E-state index is 11.1. The fourth-order valence-electron chi connectivity index (χ4n) is 1.59. The molecule has 0 radical (unpaired) electrons. The summed E-state index contributed by atoms with van der Waals surface area (Å²) in [5, 5.41) is 0.427. The fourth-order valence-corrected chi connectivity index (χ4v) is 1.85. The van der Waals surface area contributed by atoms with Crippen LogP contribution in [0.4, 0.5) is 5.69 Å². The Morgan fingerprint density at radius 2 is 1.94 bits per heavy atom. The van der Waals surface area contributed by atoms with Crippen LogP contribution in [0.25, 0.3) is 0 Å². The number of morpholine rings is 1. The normalized spacial score (nSPS) is 15.8. The zero-order chi connectivity index (χ0) is 12.4. The van der Waals surface area contributed by atoms with Gasteiger partial charge in [-0.2, -0.15) is 0 Å². The average molecular weight is 256 g/mol. The number of carbonyl (C=O) groups is 2. The minimum absolute atomic E-state index is 0.0361. The molecule has 2 rings (SSSR count). The Kier molecular flexibility index (Phi) is 3.19. The van der Waals surface area contributed by atoms with E-state index in [1.807, 2.05) is 0 Å². The molecule has 17 heavy (non-hydrogen) atoms. The summed E-state index contributed by atoms with van der Waals surface area (Å²) in [5.41, 5.74) is 0.681. The summed E-state index contributed by atoms with van der Waals surface area (Å²) >= 11 is 5.97. The van der Waals surface area contributed by atoms with Gasteiger partial charge in [-0.25, -0.2) is 9.59 Å². The monoisotopic (exact) mass is 255 g/mol. The number of anilines is 1. The minimum Gasteiger partial charge on any atom is -0.495 e. The molecule has 0 N–H and O–H groups in total. The highest BCUT2D eigenvalue weighted by molar-refractivity contribution is 6.32. The van der Waals surface area contributed by atoms with Crippen molar-refractivity contribution in [2.45, 2.75) is 0 Å². The van der Waals surface area contributed by atoms with Gasteiger partial charge in [0.2, 0.25) is 0 Å². The molecule has 1 aliphatic heterocycles. The van der Waals surface area contributed by atoms with E-state index in [1.165, 1.54) is 7.11 Å². The van der Waals surface area contributed by atoms with E-state index in [-0.39, 0.29) is 13.1 Å². The van der Waals surface area contributed by atoms with Gasteiger partial charge in [-0.15, -0.1) is 0 Å². The molecule has 1 aromatic rings. The predicted molar refractivity (Wildman–Crippen MR) is 61.3 cm³/mol. The second-order valence-corrected chi connectivity index (χ2v) is 3.93. The summed E-state index contributed by atoms with van der Waals surface area (Å²) in [6, 6.07) is 5.06. The van der Waals surface area contributed by atoms with Crippen molar-refractivity contribution < 1.29 is 19.1 Å². The van der Waals surface area contributed by atoms with Crippen LogP contribution in [-0.4, -0.2) is 32.1 Å². The van der Waals surface area contributed by atoms with E-state index in [2.05, 4.69) is 4.74 Å². The zero-order valence-corrected chi connectivity index (χ0v) is 9.86. The quantitative estimate of drug-likeness (QED) is 0.588. The van der Waals surface area contributed by atoms with Crippen molar-refractivity contribution in [3.63, 3.8) is 0 Å². The number of benzene rings is 1. The van der Waals surface area contributed by atoms with Crippen molar-refractivity contribution in [2.24, 2.45) is 0 Å². The molecule has 1 fully saturated rings. The first kappa shape index (κ1) is 11.7. The van der Waals surface area contributed by atoms with E-state index in [4.69, 9.17) is 16.3 Å². The molecule has 0 aliphatic carbocycles. The van der Waals surface area contributed by atoms with Gasteiger partial charge in [-0.05, 0) is 18.2 Å². The molecule has 0 bridgehead atoms. The Labute approximate surface area is 103 Å². The highest BCUT2D eigenvalue weighted by Gasteiger charge is 2.25. The van der Waals surface area contributed by atoms with Crippen molar-refractivity contribution in [2.75, 3.05) is 25.1 Å². The molecule has 1 aromatic carbocycles. The Hall–Kier alpha value is -1.75. The Balaban J connectivity index is 2.25. The molecular formula is C11H10ClNO4. The molecule has 0 atom stereocenters. The second-order valence-electron chi connectivity index (χ2n) is 3.52. The van der Waals surface area contributed by atoms with Gasteiger partial charge in [0.05, 0.1) is 12.1 Å². The van der Waals surface area contributed by atoms with Crippen LogP contribution in [0.5, 0.6) is 5.75 Å². The molecular weight excluding hydrogens is 246 g/mol. The number of carbonyl (C=O) groups excluding carboxylic acids is 2. The van der Waals surface area contributed by atoms with Crippen LogP contribution in [0.2, 0.25) is 5.02 Å². The maximum Gasteiger partial charge on any atom is 0.333 e. The summed E-state index contributed by atoms with van der Waals surface area (Å²) in [5.74, 6) is -0.581. The van der Waals surface area contributed by atoms with Crippen molar-refractivity contribution in [1.29, 1.82) is 0 Å². The number of rotatable bonds is 2. The third-order valence-corrected chi connectivity index (χ3v) is 2.66. The number of ether oxygens (including phenoxy) is 2. The average Bonchev–Trinajstić information content (AvgIpc) is 2.27. The van der Waals surface area contributed by atoms with Crippen LogP contribution in [0.15, 0.2) is 18.2 Å². The predicted octanol–water partition coefficient (Wildman–Crippen LogP) is 1.24. The third-order valence-electron chi connectivity index (χ3n) is 2.37. The van der Waals surface area contributed by atoms with Crippen LogP contribution < -0.4 is 9.64 Å². The number of hydrogen-bond donors (Lipinski definition) is 0. The van der Waals surface area contributed by atoms with Crippen molar-refractivity contribution >= 4 is 29.2 Å². The molecule has 90 valence electrons. The Morgan fingerprint density at radius 3 is 2.47 bits per heavy atom. The van der Waals surface area contributed by atoms with Gasteiger partial charge in [0, 0.05) is 5.69 Å². The van der Waals surface area contributed by atoms with Crippen molar-refractivity contribution in [3.05, 3.63) is 23.2 Å². The minimum atomic E-state index is -0.562. The van der Waals surface area contributed by atoms with Crippen LogP contribution in [0, 0.1) is 0 Å². The van der Waals surface area contributed by atoms with Crippen LogP contribution >= 0.6 is 11.6 Å². The van der Waals surface area contributed by atoms with E-state index in [9.17, 15) is 9.59 Å². The number of esters is 2. The molecule has 0 saturated carbocycles. The first-order valence-electron chi connectivity index (χ1n) is 4.92. The van der Waals surface area contributed by atoms with Gasteiger partial charge >= 0.3 is 11.9 Å². The highest BCUT2D eigenvalue weighted by Crippen LogP contribution is 2.29. The van der Waals surface area contributed by atoms with Gasteiger partial charge in [0.1, 0.15) is 18.8 Å². The van der Waals surface area contributed by atoms with Crippen molar-refractivity contribution in [1.82, 2.24) is 0 Å². The summed E-state index contributed by atoms with van der Waals surface area (Å²) < 4.78 is 9.46. The lowest BCUT2D eigenvalue weighted by atomic mass is 10.2. The van der Waals surface area contributed by atoms with Crippen LogP contribution in [0.1, 0.15) is 0 Å². The summed E-state index contributed by atoms with van der Waals surface area (Å²) in [4.78, 5) is 23.8. The molecule has 0 aromatic heterocycles. The lowest BCUT2D eigenvalue weighted by Gasteiger charge is -2.26. The topological polar surface area (TPSA) is 55.8 Å². The zero-order valence-electron chi connectivity index (χ0n) is 9.10. The smallest absolute Gasteiger partial charge is 0.333 e. The lowest BCUT2D eigenvalue weighted by Crippen LogP contribution is -2.42. The van der Waals surface area contributed by atoms with Crippen LogP contribution in [0.3, 0.4) is 0 Å². The molecule has 1 heterocycles. The van der Waals surface area contributed by atoms with Gasteiger partial charge in [-0.3, -0.25) is 0 Å². The maximum atomic E-state index is 11.1. The number of halogens is 1. The molecule has 6 heteroatoms. The number of cyclic esters (lactones) is 2. The van der Waals surface area contributed by atoms with E-state index in [1.54, 1.807) is 23.1 Å². The second kappa shape index (κ2) is 4.63. The van der Waals surface area contributed by atoms with Gasteiger partial charge in [-0.1, -0.05) is 11.6 Å². The highest BCUT2D eigenvalue weighted by atomic mass is 35.5. The number of hydrogen-bond acceptors (Lipinski definition) is 5. The van der Waals surface area contributed by atoms with Gasteiger partial charge in [0.15, 0.2) is 0 Å². The van der Waals surface area contributed by atoms with E-state index in [0.717, 1.165) is 0 Å². The largest absolute Gasteiger partial charge is 0.495 e. The SMILES string of the molecule is COc1ccc(N2CC(=O)OC(=O)C2)cc1Cl. The van der Waals surface area contributed by atoms with E-state index < -0.39 is 11.9 Å².